The van der Waals surface area contributed by atoms with E-state index in [0.717, 1.165) is 39.4 Å². The Kier molecular flexibility index (Phi) is 7.16. The molecular weight excluding hydrogens is 446 g/mol. The van der Waals surface area contributed by atoms with Gasteiger partial charge in [-0.1, -0.05) is 43.3 Å². The van der Waals surface area contributed by atoms with E-state index in [0.29, 0.717) is 18.0 Å². The molecule has 160 valence electrons. The number of thioether (sulfide) groups is 1. The summed E-state index contributed by atoms with van der Waals surface area (Å²) in [5.74, 6) is 1.35. The number of amides is 1. The van der Waals surface area contributed by atoms with Crippen molar-refractivity contribution in [1.82, 2.24) is 25.1 Å². The van der Waals surface area contributed by atoms with Gasteiger partial charge in [-0.05, 0) is 42.5 Å². The van der Waals surface area contributed by atoms with Crippen molar-refractivity contribution in [1.29, 1.82) is 0 Å². The van der Waals surface area contributed by atoms with E-state index >= 15 is 0 Å². The molecule has 6 nitrogen and oxygen atoms in total. The highest BCUT2D eigenvalue weighted by molar-refractivity contribution is 7.98. The first-order valence-electron chi connectivity index (χ1n) is 10.1. The van der Waals surface area contributed by atoms with Gasteiger partial charge in [0.25, 0.3) is 5.91 Å². The molecule has 0 saturated carbocycles. The van der Waals surface area contributed by atoms with Crippen molar-refractivity contribution >= 4 is 40.3 Å². The highest BCUT2D eigenvalue weighted by Crippen LogP contribution is 2.32. The molecule has 4 rings (SSSR count). The van der Waals surface area contributed by atoms with Crippen LogP contribution in [0.3, 0.4) is 0 Å². The molecule has 0 spiro atoms. The second-order valence-electron chi connectivity index (χ2n) is 6.98. The highest BCUT2D eigenvalue weighted by atomic mass is 32.2. The number of nitrogens with one attached hydrogen (secondary N) is 1. The molecule has 0 aliphatic rings. The fourth-order valence-electron chi connectivity index (χ4n) is 3.01. The van der Waals surface area contributed by atoms with E-state index in [1.165, 1.54) is 16.9 Å². The van der Waals surface area contributed by atoms with Gasteiger partial charge < -0.3 is 5.32 Å². The Hall–Kier alpha value is -2.49. The summed E-state index contributed by atoms with van der Waals surface area (Å²) in [6.07, 6.45) is 2.02. The van der Waals surface area contributed by atoms with Crippen molar-refractivity contribution in [2.24, 2.45) is 0 Å². The average Bonchev–Trinajstić information content (AvgIpc) is 3.52. The predicted molar refractivity (Wildman–Crippen MR) is 128 cm³/mol. The number of rotatable bonds is 9. The second kappa shape index (κ2) is 10.2. The van der Waals surface area contributed by atoms with Gasteiger partial charge in [0.1, 0.15) is 10.7 Å². The van der Waals surface area contributed by atoms with Gasteiger partial charge >= 0.3 is 0 Å². The maximum Gasteiger partial charge on any atom is 0.270 e. The van der Waals surface area contributed by atoms with Gasteiger partial charge in [-0.25, -0.2) is 4.98 Å². The highest BCUT2D eigenvalue weighted by Gasteiger charge is 2.18. The van der Waals surface area contributed by atoms with Crippen molar-refractivity contribution in [2.75, 3.05) is 6.54 Å². The predicted octanol–water partition coefficient (Wildman–Crippen LogP) is 5.58. The number of thiophene rings is 1. The lowest BCUT2D eigenvalue weighted by atomic mass is 10.2. The molecule has 0 aliphatic heterocycles. The number of carbonyl (C=O) groups excluding carboxylic acids is 1. The third-order valence-electron chi connectivity index (χ3n) is 4.56. The molecule has 1 aromatic carbocycles. The van der Waals surface area contributed by atoms with E-state index in [1.54, 1.807) is 23.1 Å². The smallest absolute Gasteiger partial charge is 0.270 e. The number of unbranched alkanes of at least 4 members (excludes halogenated alkanes) is 1. The molecule has 1 N–H and O–H groups in total. The lowest BCUT2D eigenvalue weighted by Crippen LogP contribution is -2.24. The Morgan fingerprint density at radius 1 is 1.19 bits per heavy atom. The zero-order valence-corrected chi connectivity index (χ0v) is 19.8. The lowest BCUT2D eigenvalue weighted by Gasteiger charge is -2.10. The minimum absolute atomic E-state index is 0.108. The van der Waals surface area contributed by atoms with Crippen LogP contribution in [0.2, 0.25) is 0 Å². The summed E-state index contributed by atoms with van der Waals surface area (Å²) >= 11 is 4.72. The largest absolute Gasteiger partial charge is 0.351 e. The van der Waals surface area contributed by atoms with Crippen LogP contribution >= 0.6 is 34.4 Å². The number of aryl methyl sites for hydroxylation is 1. The number of benzene rings is 1. The van der Waals surface area contributed by atoms with E-state index < -0.39 is 0 Å². The van der Waals surface area contributed by atoms with Crippen molar-refractivity contribution < 1.29 is 4.79 Å². The number of aromatic nitrogens is 4. The van der Waals surface area contributed by atoms with Gasteiger partial charge in [0.15, 0.2) is 11.0 Å². The zero-order valence-electron chi connectivity index (χ0n) is 17.4. The Bertz CT molecular complexity index is 1150. The molecule has 4 aromatic rings. The molecule has 31 heavy (non-hydrogen) atoms. The first-order valence-corrected chi connectivity index (χ1v) is 12.8. The normalized spacial score (nSPS) is 11.0. The first kappa shape index (κ1) is 21.7. The molecule has 0 fully saturated rings. The minimum atomic E-state index is -0.108. The lowest BCUT2D eigenvalue weighted by molar-refractivity contribution is 0.0948. The van der Waals surface area contributed by atoms with Gasteiger partial charge in [-0.2, -0.15) is 0 Å². The van der Waals surface area contributed by atoms with Crippen LogP contribution in [0.15, 0.2) is 52.3 Å². The van der Waals surface area contributed by atoms with E-state index in [1.807, 2.05) is 22.9 Å². The second-order valence-corrected chi connectivity index (χ2v) is 9.82. The number of hydrogen-bond donors (Lipinski definition) is 1. The van der Waals surface area contributed by atoms with Gasteiger partial charge in [0.2, 0.25) is 0 Å². The van der Waals surface area contributed by atoms with E-state index in [2.05, 4.69) is 63.2 Å². The fourth-order valence-corrected chi connectivity index (χ4v) is 5.45. The summed E-state index contributed by atoms with van der Waals surface area (Å²) in [7, 11) is 0. The molecule has 0 radical (unpaired) electrons. The molecule has 0 atom stereocenters. The summed E-state index contributed by atoms with van der Waals surface area (Å²) in [6, 6.07) is 12.4. The van der Waals surface area contributed by atoms with Gasteiger partial charge in [0.05, 0.1) is 16.3 Å². The van der Waals surface area contributed by atoms with Crippen molar-refractivity contribution in [3.05, 3.63) is 63.4 Å². The first-order chi connectivity index (χ1) is 15.2. The van der Waals surface area contributed by atoms with Crippen LogP contribution in [-0.4, -0.2) is 32.2 Å². The molecule has 0 bridgehead atoms. The summed E-state index contributed by atoms with van der Waals surface area (Å²) in [5.41, 5.74) is 2.69. The van der Waals surface area contributed by atoms with Gasteiger partial charge in [0, 0.05) is 11.9 Å². The van der Waals surface area contributed by atoms with Crippen molar-refractivity contribution in [3.8, 4) is 16.4 Å². The number of nitrogens with zero attached hydrogens (tertiary/aromatic N) is 4. The van der Waals surface area contributed by atoms with Gasteiger partial charge in [-0.3, -0.25) is 9.36 Å². The Balaban J connectivity index is 1.54. The molecule has 0 aliphatic carbocycles. The molecule has 3 heterocycles. The summed E-state index contributed by atoms with van der Waals surface area (Å²) in [4.78, 5) is 17.8. The van der Waals surface area contributed by atoms with Crippen LogP contribution in [0.4, 0.5) is 0 Å². The van der Waals surface area contributed by atoms with E-state index in [4.69, 9.17) is 0 Å². The molecule has 3 aromatic heterocycles. The molecule has 9 heteroatoms. The third kappa shape index (κ3) is 5.23. The Labute approximate surface area is 193 Å². The number of hydrogen-bond acceptors (Lipinski definition) is 7. The topological polar surface area (TPSA) is 72.7 Å². The molecule has 0 saturated heterocycles. The maximum atomic E-state index is 12.2. The summed E-state index contributed by atoms with van der Waals surface area (Å²) in [5, 5.41) is 17.4. The van der Waals surface area contributed by atoms with Crippen LogP contribution in [0, 0.1) is 6.92 Å². The SMILES string of the molecule is CCCCNC(=O)c1csc(CSc2nnc(-c3cccs3)n2-c2cccc(C)c2)n1. The Morgan fingerprint density at radius 3 is 2.87 bits per heavy atom. The Morgan fingerprint density at radius 2 is 2.10 bits per heavy atom. The quantitative estimate of drug-likeness (QED) is 0.256. The number of thiazole rings is 1. The van der Waals surface area contributed by atoms with E-state index in [-0.39, 0.29) is 5.91 Å². The number of carbonyl (C=O) groups is 1. The monoisotopic (exact) mass is 469 g/mol. The van der Waals surface area contributed by atoms with Gasteiger partial charge in [-0.15, -0.1) is 32.9 Å². The summed E-state index contributed by atoms with van der Waals surface area (Å²) < 4.78 is 2.09. The fraction of sp³-hybridized carbons (Fsp3) is 0.273. The van der Waals surface area contributed by atoms with Crippen molar-refractivity contribution in [2.45, 2.75) is 37.6 Å². The van der Waals surface area contributed by atoms with Crippen molar-refractivity contribution in [3.63, 3.8) is 0 Å². The summed E-state index contributed by atoms with van der Waals surface area (Å²) in [6.45, 7) is 4.86. The zero-order chi connectivity index (χ0) is 21.6. The van der Waals surface area contributed by atoms with Crippen LogP contribution in [0.5, 0.6) is 0 Å². The van der Waals surface area contributed by atoms with Crippen LogP contribution in [-0.2, 0) is 5.75 Å². The maximum absolute atomic E-state index is 12.2. The molecule has 1 amide bonds. The molecule has 0 unspecified atom stereocenters. The van der Waals surface area contributed by atoms with Crippen LogP contribution < -0.4 is 5.32 Å². The van der Waals surface area contributed by atoms with E-state index in [9.17, 15) is 4.79 Å². The standard InChI is InChI=1S/C22H23N5OS3/c1-3-4-10-23-21(28)17-13-30-19(24-17)14-31-22-26-25-20(18-9-6-11-29-18)27(22)16-8-5-7-15(2)12-16/h5-9,11-13H,3-4,10,14H2,1-2H3,(H,23,28). The van der Waals surface area contributed by atoms with Crippen LogP contribution in [0.1, 0.15) is 40.8 Å². The molecular formula is C22H23N5OS3. The van der Waals surface area contributed by atoms with Crippen LogP contribution in [0.25, 0.3) is 16.4 Å². The third-order valence-corrected chi connectivity index (χ3v) is 7.40. The average molecular weight is 470 g/mol. The minimum Gasteiger partial charge on any atom is -0.351 e.